The second-order valence-corrected chi connectivity index (χ2v) is 5.62. The van der Waals surface area contributed by atoms with E-state index in [1.54, 1.807) is 24.3 Å². The molecule has 0 spiro atoms. The molecular weight excluding hydrogens is 374 g/mol. The molecule has 0 aliphatic rings. The van der Waals surface area contributed by atoms with E-state index in [2.05, 4.69) is 21.2 Å². The summed E-state index contributed by atoms with van der Waals surface area (Å²) in [5.74, 6) is -1.41. The largest absolute Gasteiger partial charge is 0.496 e. The summed E-state index contributed by atoms with van der Waals surface area (Å²) in [5.41, 5.74) is 0.645. The number of halogens is 2. The maximum atomic E-state index is 12.2. The Balaban J connectivity index is 2.31. The summed E-state index contributed by atoms with van der Waals surface area (Å²) < 4.78 is 5.86. The number of anilines is 1. The number of nitrogens with one attached hydrogen (secondary N) is 1. The molecule has 0 atom stereocenters. The van der Waals surface area contributed by atoms with Crippen LogP contribution >= 0.6 is 27.5 Å². The van der Waals surface area contributed by atoms with Crippen LogP contribution in [0.25, 0.3) is 0 Å². The van der Waals surface area contributed by atoms with Gasteiger partial charge < -0.3 is 15.2 Å². The van der Waals surface area contributed by atoms with Crippen molar-refractivity contribution in [3.63, 3.8) is 0 Å². The number of carbonyl (C=O) groups is 2. The summed E-state index contributed by atoms with van der Waals surface area (Å²) in [4.78, 5) is 23.2. The third-order valence-electron chi connectivity index (χ3n) is 2.87. The molecule has 0 aromatic heterocycles. The molecule has 0 radical (unpaired) electrons. The van der Waals surface area contributed by atoms with E-state index in [1.807, 2.05) is 0 Å². The summed E-state index contributed by atoms with van der Waals surface area (Å²) in [6, 6.07) is 9.39. The maximum Gasteiger partial charge on any atom is 0.339 e. The average molecular weight is 385 g/mol. The molecule has 7 heteroatoms. The molecule has 0 unspecified atom stereocenters. The number of aromatic carboxylic acids is 1. The minimum absolute atomic E-state index is 0.0749. The smallest absolute Gasteiger partial charge is 0.339 e. The van der Waals surface area contributed by atoms with Crippen molar-refractivity contribution in [2.24, 2.45) is 0 Å². The van der Waals surface area contributed by atoms with Crippen molar-refractivity contribution in [2.75, 3.05) is 12.4 Å². The normalized spacial score (nSPS) is 10.1. The Bertz CT molecular complexity index is 731. The summed E-state index contributed by atoms with van der Waals surface area (Å²) in [6.07, 6.45) is 0. The van der Waals surface area contributed by atoms with Gasteiger partial charge in [-0.05, 0) is 30.3 Å². The molecule has 1 amide bonds. The van der Waals surface area contributed by atoms with E-state index in [0.717, 1.165) is 4.47 Å². The monoisotopic (exact) mass is 383 g/mol. The lowest BCUT2D eigenvalue weighted by atomic mass is 10.1. The topological polar surface area (TPSA) is 75.6 Å². The highest BCUT2D eigenvalue weighted by atomic mass is 79.9. The van der Waals surface area contributed by atoms with Crippen molar-refractivity contribution in [3.05, 3.63) is 57.0 Å². The lowest BCUT2D eigenvalue weighted by Crippen LogP contribution is -2.13. The van der Waals surface area contributed by atoms with Gasteiger partial charge in [0.1, 0.15) is 11.3 Å². The van der Waals surface area contributed by atoms with E-state index in [-0.39, 0.29) is 27.9 Å². The van der Waals surface area contributed by atoms with Crippen LogP contribution in [0.1, 0.15) is 20.7 Å². The van der Waals surface area contributed by atoms with Gasteiger partial charge in [0.15, 0.2) is 0 Å². The zero-order valence-electron chi connectivity index (χ0n) is 11.4. The van der Waals surface area contributed by atoms with Crippen LogP contribution in [0.2, 0.25) is 5.02 Å². The van der Waals surface area contributed by atoms with Crippen LogP contribution in [0.5, 0.6) is 5.75 Å². The lowest BCUT2D eigenvalue weighted by molar-refractivity contribution is 0.0693. The van der Waals surface area contributed by atoms with Crippen LogP contribution in [0.3, 0.4) is 0 Å². The first-order valence-corrected chi connectivity index (χ1v) is 7.27. The predicted octanol–water partition coefficient (Wildman–Crippen LogP) is 4.06. The highest BCUT2D eigenvalue weighted by molar-refractivity contribution is 9.10. The van der Waals surface area contributed by atoms with Gasteiger partial charge in [-0.2, -0.15) is 0 Å². The fourth-order valence-corrected chi connectivity index (χ4v) is 2.26. The van der Waals surface area contributed by atoms with E-state index in [4.69, 9.17) is 21.4 Å². The van der Waals surface area contributed by atoms with E-state index in [9.17, 15) is 9.59 Å². The molecule has 0 heterocycles. The lowest BCUT2D eigenvalue weighted by Gasteiger charge is -2.11. The Hall–Kier alpha value is -2.05. The molecule has 2 N–H and O–H groups in total. The molecule has 0 saturated heterocycles. The van der Waals surface area contributed by atoms with Gasteiger partial charge in [0.25, 0.3) is 5.91 Å². The number of ether oxygens (including phenoxy) is 1. The third kappa shape index (κ3) is 3.58. The van der Waals surface area contributed by atoms with Crippen LogP contribution in [-0.2, 0) is 0 Å². The molecule has 22 heavy (non-hydrogen) atoms. The van der Waals surface area contributed by atoms with Crippen LogP contribution in [0, 0.1) is 0 Å². The standard InChI is InChI=1S/C15H11BrClNO4/c1-22-13-7-12(11(17)6-10(13)15(20)21)18-14(19)8-2-4-9(16)5-3-8/h2-7H,1H3,(H,18,19)(H,20,21). The Morgan fingerprint density at radius 2 is 1.86 bits per heavy atom. The Morgan fingerprint density at radius 1 is 1.23 bits per heavy atom. The molecule has 0 bridgehead atoms. The number of hydrogen-bond donors (Lipinski definition) is 2. The molecule has 0 aliphatic carbocycles. The minimum atomic E-state index is -1.16. The zero-order valence-corrected chi connectivity index (χ0v) is 13.7. The molecule has 0 fully saturated rings. The van der Waals surface area contributed by atoms with Crippen molar-refractivity contribution in [2.45, 2.75) is 0 Å². The number of carbonyl (C=O) groups excluding carboxylic acids is 1. The van der Waals surface area contributed by atoms with Gasteiger partial charge in [-0.15, -0.1) is 0 Å². The molecular formula is C15H11BrClNO4. The van der Waals surface area contributed by atoms with E-state index < -0.39 is 5.97 Å². The predicted molar refractivity (Wildman–Crippen MR) is 87.1 cm³/mol. The maximum absolute atomic E-state index is 12.2. The minimum Gasteiger partial charge on any atom is -0.496 e. The van der Waals surface area contributed by atoms with Gasteiger partial charge in [0.05, 0.1) is 17.8 Å². The van der Waals surface area contributed by atoms with Crippen LogP contribution < -0.4 is 10.1 Å². The molecule has 0 aliphatic heterocycles. The number of methoxy groups -OCH3 is 1. The first-order valence-electron chi connectivity index (χ1n) is 6.10. The fraction of sp³-hybridized carbons (Fsp3) is 0.0667. The number of benzene rings is 2. The molecule has 2 aromatic carbocycles. The van der Waals surface area contributed by atoms with E-state index in [1.165, 1.54) is 19.2 Å². The van der Waals surface area contributed by atoms with E-state index in [0.29, 0.717) is 5.56 Å². The molecule has 5 nitrogen and oxygen atoms in total. The van der Waals surface area contributed by atoms with Gasteiger partial charge in [-0.25, -0.2) is 4.79 Å². The van der Waals surface area contributed by atoms with Gasteiger partial charge in [0, 0.05) is 16.1 Å². The summed E-state index contributed by atoms with van der Waals surface area (Å²) >= 11 is 9.31. The third-order valence-corrected chi connectivity index (χ3v) is 3.72. The summed E-state index contributed by atoms with van der Waals surface area (Å²) in [5, 5.41) is 11.8. The Kier molecular flexibility index (Phi) is 5.05. The van der Waals surface area contributed by atoms with Crippen molar-refractivity contribution >= 4 is 45.1 Å². The van der Waals surface area contributed by atoms with Gasteiger partial charge in [0.2, 0.25) is 0 Å². The van der Waals surface area contributed by atoms with Crippen molar-refractivity contribution in [1.82, 2.24) is 0 Å². The number of amides is 1. The summed E-state index contributed by atoms with van der Waals surface area (Å²) in [7, 11) is 1.34. The summed E-state index contributed by atoms with van der Waals surface area (Å²) in [6.45, 7) is 0. The van der Waals surface area contributed by atoms with Gasteiger partial charge in [-0.3, -0.25) is 4.79 Å². The van der Waals surface area contributed by atoms with Crippen molar-refractivity contribution in [1.29, 1.82) is 0 Å². The first kappa shape index (κ1) is 16.3. The average Bonchev–Trinajstić information content (AvgIpc) is 2.49. The fourth-order valence-electron chi connectivity index (χ4n) is 1.78. The van der Waals surface area contributed by atoms with Crippen molar-refractivity contribution in [3.8, 4) is 5.75 Å². The molecule has 114 valence electrons. The van der Waals surface area contributed by atoms with E-state index >= 15 is 0 Å². The SMILES string of the molecule is COc1cc(NC(=O)c2ccc(Br)cc2)c(Cl)cc1C(=O)O. The second-order valence-electron chi connectivity index (χ2n) is 4.30. The highest BCUT2D eigenvalue weighted by Crippen LogP contribution is 2.31. The number of carboxylic acids is 1. The molecule has 2 rings (SSSR count). The first-order chi connectivity index (χ1) is 10.4. The van der Waals surface area contributed by atoms with Crippen LogP contribution in [0.4, 0.5) is 5.69 Å². The number of carboxylic acid groups (broad SMARTS) is 1. The highest BCUT2D eigenvalue weighted by Gasteiger charge is 2.16. The molecule has 2 aromatic rings. The molecule has 0 saturated carbocycles. The van der Waals surface area contributed by atoms with Gasteiger partial charge in [-0.1, -0.05) is 27.5 Å². The number of rotatable bonds is 4. The Morgan fingerprint density at radius 3 is 2.41 bits per heavy atom. The Labute approximate surface area is 140 Å². The zero-order chi connectivity index (χ0) is 16.3. The second kappa shape index (κ2) is 6.81. The van der Waals surface area contributed by atoms with Crippen LogP contribution in [-0.4, -0.2) is 24.1 Å². The number of hydrogen-bond acceptors (Lipinski definition) is 3. The van der Waals surface area contributed by atoms with Crippen molar-refractivity contribution < 1.29 is 19.4 Å². The van der Waals surface area contributed by atoms with Crippen LogP contribution in [0.15, 0.2) is 40.9 Å². The van der Waals surface area contributed by atoms with Gasteiger partial charge >= 0.3 is 5.97 Å². The quantitative estimate of drug-likeness (QED) is 0.833.